The molecule has 0 aliphatic carbocycles. The zero-order valence-electron chi connectivity index (χ0n) is 17.4. The Bertz CT molecular complexity index is 780. The Morgan fingerprint density at radius 3 is 2.60 bits per heavy atom. The van der Waals surface area contributed by atoms with E-state index in [0.29, 0.717) is 6.54 Å². The lowest BCUT2D eigenvalue weighted by Crippen LogP contribution is -2.42. The Balaban J connectivity index is 0.00000320. The molecule has 2 aromatic rings. The molecule has 1 aliphatic rings. The Hall–Kier alpha value is -2.44. The van der Waals surface area contributed by atoms with E-state index in [-0.39, 0.29) is 42.7 Å². The summed E-state index contributed by atoms with van der Waals surface area (Å²) in [5.74, 6) is -0.0910. The first kappa shape index (κ1) is 23.8. The van der Waals surface area contributed by atoms with Crippen molar-refractivity contribution < 1.29 is 9.59 Å². The second-order valence-electron chi connectivity index (χ2n) is 7.55. The van der Waals surface area contributed by atoms with E-state index in [9.17, 15) is 9.59 Å². The Morgan fingerprint density at radius 2 is 1.90 bits per heavy atom. The standard InChI is InChI=1S/C23H30N4O2.ClH/c1-18(28)26-22(19-8-3-2-4-9-19)16-23(29)27(17-20-10-5-6-14-25-20)21-11-7-13-24-15-12-21;/h2-6,8-10,14,21-22,24H,7,11-13,15-17H2,1H3,(H,26,28);1H. The van der Waals surface area contributed by atoms with Crippen molar-refractivity contribution in [2.24, 2.45) is 0 Å². The molecule has 2 amide bonds. The fourth-order valence-electron chi connectivity index (χ4n) is 3.87. The van der Waals surface area contributed by atoms with Crippen molar-refractivity contribution in [2.75, 3.05) is 13.1 Å². The van der Waals surface area contributed by atoms with Crippen molar-refractivity contribution in [1.82, 2.24) is 20.5 Å². The molecule has 0 bridgehead atoms. The first-order valence-electron chi connectivity index (χ1n) is 10.4. The second kappa shape index (κ2) is 12.3. The fourth-order valence-corrected chi connectivity index (χ4v) is 3.87. The number of hydrogen-bond acceptors (Lipinski definition) is 4. The van der Waals surface area contributed by atoms with Gasteiger partial charge < -0.3 is 15.5 Å². The molecule has 3 rings (SSSR count). The summed E-state index contributed by atoms with van der Waals surface area (Å²) in [4.78, 5) is 31.6. The van der Waals surface area contributed by atoms with Crippen molar-refractivity contribution >= 4 is 24.2 Å². The van der Waals surface area contributed by atoms with Crippen LogP contribution in [-0.2, 0) is 16.1 Å². The topological polar surface area (TPSA) is 74.3 Å². The summed E-state index contributed by atoms with van der Waals surface area (Å²) < 4.78 is 0. The lowest BCUT2D eigenvalue weighted by molar-refractivity contribution is -0.135. The average molecular weight is 431 g/mol. The smallest absolute Gasteiger partial charge is 0.225 e. The van der Waals surface area contributed by atoms with Gasteiger partial charge in [-0.05, 0) is 50.0 Å². The van der Waals surface area contributed by atoms with Gasteiger partial charge in [-0.25, -0.2) is 0 Å². The normalized spacial score (nSPS) is 17.2. The van der Waals surface area contributed by atoms with Gasteiger partial charge in [-0.3, -0.25) is 14.6 Å². The van der Waals surface area contributed by atoms with Crippen LogP contribution in [0, 0.1) is 0 Å². The summed E-state index contributed by atoms with van der Waals surface area (Å²) in [6, 6.07) is 15.3. The molecule has 0 radical (unpaired) electrons. The highest BCUT2D eigenvalue weighted by molar-refractivity contribution is 5.85. The van der Waals surface area contributed by atoms with Gasteiger partial charge in [0, 0.05) is 19.2 Å². The number of hydrogen-bond donors (Lipinski definition) is 2. The summed E-state index contributed by atoms with van der Waals surface area (Å²) in [6.07, 6.45) is 4.94. The molecule has 7 heteroatoms. The van der Waals surface area contributed by atoms with Gasteiger partial charge in [0.05, 0.1) is 24.7 Å². The Labute approximate surface area is 184 Å². The van der Waals surface area contributed by atoms with Gasteiger partial charge in [0.1, 0.15) is 0 Å². The molecule has 1 aromatic carbocycles. The number of rotatable bonds is 7. The van der Waals surface area contributed by atoms with E-state index in [2.05, 4.69) is 15.6 Å². The Morgan fingerprint density at radius 1 is 1.13 bits per heavy atom. The van der Waals surface area contributed by atoms with E-state index in [4.69, 9.17) is 0 Å². The molecule has 2 N–H and O–H groups in total. The number of nitrogens with one attached hydrogen (secondary N) is 2. The van der Waals surface area contributed by atoms with E-state index < -0.39 is 0 Å². The SMILES string of the molecule is CC(=O)NC(CC(=O)N(Cc1ccccn1)C1CCCNCC1)c1ccccc1.Cl. The van der Waals surface area contributed by atoms with Crippen LogP contribution in [0.25, 0.3) is 0 Å². The van der Waals surface area contributed by atoms with Crippen LogP contribution in [-0.4, -0.2) is 40.8 Å². The quantitative estimate of drug-likeness (QED) is 0.707. The van der Waals surface area contributed by atoms with E-state index in [0.717, 1.165) is 43.6 Å². The number of benzene rings is 1. The third-order valence-corrected chi connectivity index (χ3v) is 5.32. The number of nitrogens with zero attached hydrogens (tertiary/aromatic N) is 2. The van der Waals surface area contributed by atoms with Gasteiger partial charge in [0.15, 0.2) is 0 Å². The van der Waals surface area contributed by atoms with E-state index in [1.165, 1.54) is 6.92 Å². The number of aromatic nitrogens is 1. The minimum Gasteiger partial charge on any atom is -0.349 e. The van der Waals surface area contributed by atoms with Gasteiger partial charge in [-0.2, -0.15) is 0 Å². The molecule has 30 heavy (non-hydrogen) atoms. The molecule has 2 unspecified atom stereocenters. The number of halogens is 1. The molecular weight excluding hydrogens is 400 g/mol. The molecule has 1 saturated heterocycles. The molecule has 1 fully saturated rings. The molecule has 0 saturated carbocycles. The highest BCUT2D eigenvalue weighted by Gasteiger charge is 2.28. The highest BCUT2D eigenvalue weighted by atomic mass is 35.5. The van der Waals surface area contributed by atoms with Crippen molar-refractivity contribution in [1.29, 1.82) is 0 Å². The molecule has 1 aromatic heterocycles. The number of amides is 2. The van der Waals surface area contributed by atoms with Crippen LogP contribution in [0.1, 0.15) is 49.9 Å². The largest absolute Gasteiger partial charge is 0.349 e. The Kier molecular flexibility index (Phi) is 9.77. The van der Waals surface area contributed by atoms with Gasteiger partial charge in [0.25, 0.3) is 0 Å². The van der Waals surface area contributed by atoms with Crippen molar-refractivity contribution in [3.05, 3.63) is 66.0 Å². The fraction of sp³-hybridized carbons (Fsp3) is 0.435. The van der Waals surface area contributed by atoms with Crippen LogP contribution in [0.3, 0.4) is 0 Å². The number of carbonyl (C=O) groups is 2. The third-order valence-electron chi connectivity index (χ3n) is 5.32. The van der Waals surface area contributed by atoms with Gasteiger partial charge in [-0.1, -0.05) is 36.4 Å². The van der Waals surface area contributed by atoms with Gasteiger partial charge in [0.2, 0.25) is 11.8 Å². The maximum absolute atomic E-state index is 13.5. The first-order chi connectivity index (χ1) is 14.1. The predicted octanol–water partition coefficient (Wildman–Crippen LogP) is 3.24. The van der Waals surface area contributed by atoms with E-state index >= 15 is 0 Å². The highest BCUT2D eigenvalue weighted by Crippen LogP contribution is 2.22. The van der Waals surface area contributed by atoms with Crippen molar-refractivity contribution in [3.63, 3.8) is 0 Å². The number of carbonyl (C=O) groups excluding carboxylic acids is 2. The minimum absolute atomic E-state index is 0. The summed E-state index contributed by atoms with van der Waals surface area (Å²) in [7, 11) is 0. The average Bonchev–Trinajstić information content (AvgIpc) is 3.02. The second-order valence-corrected chi connectivity index (χ2v) is 7.55. The van der Waals surface area contributed by atoms with Crippen LogP contribution in [0.4, 0.5) is 0 Å². The molecule has 2 atom stereocenters. The molecule has 2 heterocycles. The monoisotopic (exact) mass is 430 g/mol. The van der Waals surface area contributed by atoms with Crippen LogP contribution in [0.5, 0.6) is 0 Å². The summed E-state index contributed by atoms with van der Waals surface area (Å²) in [5, 5.41) is 6.36. The van der Waals surface area contributed by atoms with Crippen molar-refractivity contribution in [3.8, 4) is 0 Å². The molecular formula is C23H31ClN4O2. The summed E-state index contributed by atoms with van der Waals surface area (Å²) in [5.41, 5.74) is 1.82. The zero-order chi connectivity index (χ0) is 20.5. The number of pyridine rings is 1. The summed E-state index contributed by atoms with van der Waals surface area (Å²) >= 11 is 0. The lowest BCUT2D eigenvalue weighted by atomic mass is 10.0. The van der Waals surface area contributed by atoms with Gasteiger partial charge in [-0.15, -0.1) is 12.4 Å². The van der Waals surface area contributed by atoms with Crippen molar-refractivity contribution in [2.45, 2.75) is 51.2 Å². The maximum Gasteiger partial charge on any atom is 0.225 e. The molecule has 0 spiro atoms. The minimum atomic E-state index is -0.337. The van der Waals surface area contributed by atoms with Crippen LogP contribution < -0.4 is 10.6 Å². The first-order valence-corrected chi connectivity index (χ1v) is 10.4. The third kappa shape index (κ3) is 7.11. The van der Waals surface area contributed by atoms with Gasteiger partial charge >= 0.3 is 0 Å². The summed E-state index contributed by atoms with van der Waals surface area (Å²) in [6.45, 7) is 3.88. The zero-order valence-corrected chi connectivity index (χ0v) is 18.2. The molecule has 1 aliphatic heterocycles. The van der Waals surface area contributed by atoms with Crippen LogP contribution in [0.15, 0.2) is 54.7 Å². The van der Waals surface area contributed by atoms with E-state index in [1.54, 1.807) is 6.20 Å². The lowest BCUT2D eigenvalue weighted by Gasteiger charge is -2.32. The maximum atomic E-state index is 13.5. The van der Waals surface area contributed by atoms with Crippen LogP contribution in [0.2, 0.25) is 0 Å². The van der Waals surface area contributed by atoms with Crippen LogP contribution >= 0.6 is 12.4 Å². The molecule has 162 valence electrons. The molecule has 6 nitrogen and oxygen atoms in total. The predicted molar refractivity (Wildman–Crippen MR) is 120 cm³/mol. The van der Waals surface area contributed by atoms with E-state index in [1.807, 2.05) is 53.4 Å².